The maximum Gasteiger partial charge on any atom is 0.353 e. The molecule has 0 aromatic rings. The molecule has 0 aliphatic rings. The molecule has 4 nitrogen and oxygen atoms in total. The Kier molecular flexibility index (Phi) is 2.68. The lowest BCUT2D eigenvalue weighted by Crippen LogP contribution is -2.21. The van der Waals surface area contributed by atoms with Gasteiger partial charge in [0.15, 0.2) is 0 Å². The molecular weight excluding hydrogens is 154 g/mol. The number of rotatable bonds is 2. The third kappa shape index (κ3) is 1.95. The molecule has 6 heteroatoms. The largest absolute Gasteiger partial charge is 0.353 e. The highest BCUT2D eigenvalue weighted by molar-refractivity contribution is 7.85. The van der Waals surface area contributed by atoms with Gasteiger partial charge in [-0.25, -0.2) is 0 Å². The van der Waals surface area contributed by atoms with E-state index in [1.807, 2.05) is 0 Å². The van der Waals surface area contributed by atoms with Crippen LogP contribution in [0.1, 0.15) is 0 Å². The van der Waals surface area contributed by atoms with Crippen molar-refractivity contribution in [2.75, 3.05) is 14.1 Å². The van der Waals surface area contributed by atoms with Crippen molar-refractivity contribution in [2.45, 2.75) is 0 Å². The molecule has 0 unspecified atom stereocenters. The van der Waals surface area contributed by atoms with E-state index in [9.17, 15) is 8.42 Å². The van der Waals surface area contributed by atoms with E-state index >= 15 is 0 Å². The molecule has 0 saturated carbocycles. The molecule has 0 aromatic heterocycles. The van der Waals surface area contributed by atoms with E-state index < -0.39 is 10.3 Å². The third-order valence-corrected chi connectivity index (χ3v) is 2.06. The highest BCUT2D eigenvalue weighted by Gasteiger charge is 2.11. The quantitative estimate of drug-likeness (QED) is 0.568. The van der Waals surface area contributed by atoms with Gasteiger partial charge in [0.2, 0.25) is 0 Å². The van der Waals surface area contributed by atoms with Gasteiger partial charge in [-0.2, -0.15) is 12.7 Å². The van der Waals surface area contributed by atoms with Crippen molar-refractivity contribution in [1.82, 2.24) is 4.31 Å². The van der Waals surface area contributed by atoms with Crippen molar-refractivity contribution in [2.24, 2.45) is 0 Å². The predicted molar refractivity (Wildman–Crippen MR) is 29.5 cm³/mol. The van der Waals surface area contributed by atoms with E-state index in [1.54, 1.807) is 0 Å². The molecule has 8 heavy (non-hydrogen) atoms. The van der Waals surface area contributed by atoms with Gasteiger partial charge in [-0.05, 0) is 0 Å². The monoisotopic (exact) mass is 159 g/mol. The normalized spacial score (nSPS) is 12.5. The fraction of sp³-hybridized carbons (Fsp3) is 1.00. The second-order valence-corrected chi connectivity index (χ2v) is 3.39. The zero-order chi connectivity index (χ0) is 6.78. The van der Waals surface area contributed by atoms with Gasteiger partial charge in [0.05, 0.1) is 11.9 Å². The van der Waals surface area contributed by atoms with Crippen LogP contribution in [0.5, 0.6) is 0 Å². The van der Waals surface area contributed by atoms with E-state index in [0.717, 1.165) is 4.31 Å². The zero-order valence-corrected chi connectivity index (χ0v) is 6.03. The summed E-state index contributed by atoms with van der Waals surface area (Å²) in [5.74, 6) is 0. The topological polar surface area (TPSA) is 46.6 Å². The summed E-state index contributed by atoms with van der Waals surface area (Å²) < 4.78 is 25.0. The number of hydrogen-bond acceptors (Lipinski definition) is 3. The third-order valence-electron chi connectivity index (χ3n) is 0.527. The minimum Gasteiger partial charge on any atom is -0.184 e. The first-order valence-electron chi connectivity index (χ1n) is 1.73. The Morgan fingerprint density at radius 3 is 1.88 bits per heavy atom. The molecule has 0 spiro atoms. The Hall–Kier alpha value is 0.160. The predicted octanol–water partition coefficient (Wildman–Crippen LogP) is -0.0368. The molecule has 0 saturated heterocycles. The van der Waals surface area contributed by atoms with Crippen molar-refractivity contribution < 1.29 is 12.2 Å². The van der Waals surface area contributed by atoms with Crippen molar-refractivity contribution >= 4 is 22.2 Å². The number of halogens is 1. The second kappa shape index (κ2) is 2.63. The van der Waals surface area contributed by atoms with Crippen LogP contribution in [0.3, 0.4) is 0 Å². The molecule has 0 radical (unpaired) electrons. The molecule has 0 fully saturated rings. The van der Waals surface area contributed by atoms with Crippen LogP contribution in [0.15, 0.2) is 0 Å². The SMILES string of the molecule is CN(C)S(=O)(=O)OCl. The molecular formula is C2H6ClNO3S. The maximum absolute atomic E-state index is 10.3. The molecule has 50 valence electrons. The zero-order valence-electron chi connectivity index (χ0n) is 4.46. The summed E-state index contributed by atoms with van der Waals surface area (Å²) in [6.07, 6.45) is 0. The smallest absolute Gasteiger partial charge is 0.184 e. The van der Waals surface area contributed by atoms with E-state index in [2.05, 4.69) is 15.6 Å². The summed E-state index contributed by atoms with van der Waals surface area (Å²) in [5.41, 5.74) is 0. The first-order chi connectivity index (χ1) is 3.50. The van der Waals surface area contributed by atoms with Crippen LogP contribution in [0.2, 0.25) is 0 Å². The molecule has 0 heterocycles. The first kappa shape index (κ1) is 8.16. The van der Waals surface area contributed by atoms with Crippen LogP contribution in [0.4, 0.5) is 0 Å². The van der Waals surface area contributed by atoms with Gasteiger partial charge in [0.1, 0.15) is 0 Å². The Bertz CT molecular complexity index is 151. The van der Waals surface area contributed by atoms with Gasteiger partial charge in [0.25, 0.3) is 0 Å². The lowest BCUT2D eigenvalue weighted by Gasteiger charge is -2.03. The fourth-order valence-electron chi connectivity index (χ4n) is 0.0563. The number of hydrogen-bond donors (Lipinski definition) is 0. The Morgan fingerprint density at radius 2 is 1.88 bits per heavy atom. The van der Waals surface area contributed by atoms with E-state index in [1.165, 1.54) is 14.1 Å². The molecule has 0 atom stereocenters. The summed E-state index contributed by atoms with van der Waals surface area (Å²) in [6.45, 7) is 0. The van der Waals surface area contributed by atoms with Crippen molar-refractivity contribution in [3.8, 4) is 0 Å². The summed E-state index contributed by atoms with van der Waals surface area (Å²) >= 11 is 4.56. The molecule has 0 bridgehead atoms. The highest BCUT2D eigenvalue weighted by atomic mass is 35.5. The van der Waals surface area contributed by atoms with Crippen LogP contribution in [-0.2, 0) is 14.0 Å². The summed E-state index contributed by atoms with van der Waals surface area (Å²) in [7, 11) is -1.00. The van der Waals surface area contributed by atoms with Crippen LogP contribution in [-0.4, -0.2) is 26.8 Å². The standard InChI is InChI=1S/C2H6ClNO3S/c1-4(2)8(5,6)7-3/h1-2H3. The summed E-state index contributed by atoms with van der Waals surface area (Å²) in [6, 6.07) is 0. The number of nitrogens with zero attached hydrogens (tertiary/aromatic N) is 1. The van der Waals surface area contributed by atoms with Gasteiger partial charge < -0.3 is 0 Å². The molecule has 0 aliphatic heterocycles. The molecule has 0 N–H and O–H groups in total. The minimum absolute atomic E-state index is 0.861. The Balaban J connectivity index is 4.17. The summed E-state index contributed by atoms with van der Waals surface area (Å²) in [4.78, 5) is 0. The van der Waals surface area contributed by atoms with Gasteiger partial charge in [0, 0.05) is 14.1 Å². The van der Waals surface area contributed by atoms with Gasteiger partial charge in [-0.1, -0.05) is 0 Å². The Morgan fingerprint density at radius 1 is 1.50 bits per heavy atom. The van der Waals surface area contributed by atoms with Gasteiger partial charge in [-0.3, -0.25) is 0 Å². The maximum atomic E-state index is 10.3. The van der Waals surface area contributed by atoms with Crippen molar-refractivity contribution in [3.63, 3.8) is 0 Å². The van der Waals surface area contributed by atoms with E-state index in [-0.39, 0.29) is 0 Å². The highest BCUT2D eigenvalue weighted by Crippen LogP contribution is 1.97. The lowest BCUT2D eigenvalue weighted by atomic mass is 11.3. The lowest BCUT2D eigenvalue weighted by molar-refractivity contribution is 0.437. The van der Waals surface area contributed by atoms with Crippen molar-refractivity contribution in [3.05, 3.63) is 0 Å². The summed E-state index contributed by atoms with van der Waals surface area (Å²) in [5, 5.41) is 0. The van der Waals surface area contributed by atoms with Crippen LogP contribution < -0.4 is 0 Å². The molecule has 0 aliphatic carbocycles. The average molecular weight is 160 g/mol. The average Bonchev–Trinajstić information content (AvgIpc) is 1.67. The van der Waals surface area contributed by atoms with Gasteiger partial charge >= 0.3 is 10.3 Å². The van der Waals surface area contributed by atoms with Gasteiger partial charge in [-0.15, -0.1) is 3.74 Å². The second-order valence-electron chi connectivity index (χ2n) is 1.30. The van der Waals surface area contributed by atoms with Crippen molar-refractivity contribution in [1.29, 1.82) is 0 Å². The van der Waals surface area contributed by atoms with E-state index in [4.69, 9.17) is 0 Å². The molecule has 0 rings (SSSR count). The van der Waals surface area contributed by atoms with Crippen LogP contribution in [0, 0.1) is 0 Å². The minimum atomic E-state index is -3.64. The first-order valence-corrected chi connectivity index (χ1v) is 3.41. The molecule has 0 aromatic carbocycles. The van der Waals surface area contributed by atoms with E-state index in [0.29, 0.717) is 0 Å². The molecule has 0 amide bonds. The van der Waals surface area contributed by atoms with Crippen LogP contribution >= 0.6 is 11.9 Å². The fourth-order valence-corrected chi connectivity index (χ4v) is 0.507. The van der Waals surface area contributed by atoms with Crippen LogP contribution in [0.25, 0.3) is 0 Å². The Labute approximate surface area is 53.4 Å².